The fourth-order valence-corrected chi connectivity index (χ4v) is 8.86. The van der Waals surface area contributed by atoms with Crippen LogP contribution in [-0.4, -0.2) is 112 Å². The summed E-state index contributed by atoms with van der Waals surface area (Å²) < 4.78 is 2.02. The van der Waals surface area contributed by atoms with Crippen LogP contribution in [0.15, 0.2) is 97.1 Å². The topological polar surface area (TPSA) is 110 Å². The number of amides is 3. The Morgan fingerprint density at radius 3 is 2.15 bits per heavy atom. The van der Waals surface area contributed by atoms with E-state index in [1.807, 2.05) is 72.0 Å². The second kappa shape index (κ2) is 16.7. The number of aromatic carboxylic acids is 1. The van der Waals surface area contributed by atoms with Crippen molar-refractivity contribution < 1.29 is 24.3 Å². The third-order valence-electron chi connectivity index (χ3n) is 12.7. The van der Waals surface area contributed by atoms with E-state index >= 15 is 4.79 Å². The van der Waals surface area contributed by atoms with Crippen molar-refractivity contribution in [1.82, 2.24) is 24.2 Å². The highest BCUT2D eigenvalue weighted by Crippen LogP contribution is 2.36. The summed E-state index contributed by atoms with van der Waals surface area (Å²) >= 11 is 0. The van der Waals surface area contributed by atoms with Crippen LogP contribution in [0.1, 0.15) is 64.6 Å². The first-order chi connectivity index (χ1) is 28.4. The largest absolute Gasteiger partial charge is 0.478 e. The zero-order valence-corrected chi connectivity index (χ0v) is 34.4. The number of anilines is 1. The molecule has 11 heteroatoms. The molecule has 4 aromatic carbocycles. The van der Waals surface area contributed by atoms with Crippen molar-refractivity contribution in [1.29, 1.82) is 0 Å². The van der Waals surface area contributed by atoms with E-state index in [1.54, 1.807) is 24.1 Å². The first-order valence-electron chi connectivity index (χ1n) is 20.5. The quantitative estimate of drug-likeness (QED) is 0.198. The highest BCUT2D eigenvalue weighted by molar-refractivity contribution is 6.08. The van der Waals surface area contributed by atoms with Crippen LogP contribution >= 0.6 is 0 Å². The third kappa shape index (κ3) is 8.17. The molecule has 1 aromatic heterocycles. The minimum atomic E-state index is -1.01. The molecule has 0 aliphatic carbocycles. The van der Waals surface area contributed by atoms with Crippen molar-refractivity contribution in [3.63, 3.8) is 0 Å². The van der Waals surface area contributed by atoms with Gasteiger partial charge in [-0.2, -0.15) is 0 Å². The van der Waals surface area contributed by atoms with Gasteiger partial charge in [0.2, 0.25) is 5.91 Å². The van der Waals surface area contributed by atoms with Crippen LogP contribution in [0.2, 0.25) is 0 Å². The second-order valence-electron chi connectivity index (χ2n) is 16.4. The van der Waals surface area contributed by atoms with E-state index in [-0.39, 0.29) is 35.7 Å². The molecule has 1 saturated heterocycles. The molecule has 0 unspecified atom stereocenters. The van der Waals surface area contributed by atoms with E-state index in [4.69, 9.17) is 0 Å². The lowest BCUT2D eigenvalue weighted by Gasteiger charge is -2.42. The molecular weight excluding hydrogens is 741 g/mol. The van der Waals surface area contributed by atoms with Crippen molar-refractivity contribution in [2.24, 2.45) is 7.05 Å². The molecule has 11 nitrogen and oxygen atoms in total. The molecule has 0 spiro atoms. The molecule has 3 amide bonds. The van der Waals surface area contributed by atoms with Gasteiger partial charge >= 0.3 is 5.97 Å². The molecule has 4 heterocycles. The van der Waals surface area contributed by atoms with Crippen LogP contribution in [0.4, 0.5) is 5.69 Å². The van der Waals surface area contributed by atoms with Crippen molar-refractivity contribution in [3.8, 4) is 11.3 Å². The lowest BCUT2D eigenvalue weighted by Crippen LogP contribution is -2.53. The summed E-state index contributed by atoms with van der Waals surface area (Å²) in [5.41, 5.74) is 9.62. The highest BCUT2D eigenvalue weighted by atomic mass is 16.4. The van der Waals surface area contributed by atoms with E-state index in [1.165, 1.54) is 17.7 Å². The number of hydrogen-bond donors (Lipinski definition) is 1. The van der Waals surface area contributed by atoms with Gasteiger partial charge in [0.25, 0.3) is 11.8 Å². The molecule has 1 N–H and O–H groups in total. The maximum atomic E-state index is 15.4. The number of aromatic nitrogens is 1. The van der Waals surface area contributed by atoms with Gasteiger partial charge in [0.1, 0.15) is 0 Å². The van der Waals surface area contributed by atoms with Crippen LogP contribution in [0.5, 0.6) is 0 Å². The van der Waals surface area contributed by atoms with Gasteiger partial charge in [0.05, 0.1) is 17.5 Å². The predicted octanol–water partition coefficient (Wildman–Crippen LogP) is 5.92. The van der Waals surface area contributed by atoms with E-state index in [0.717, 1.165) is 84.0 Å². The summed E-state index contributed by atoms with van der Waals surface area (Å²) in [5, 5.41) is 9.33. The summed E-state index contributed by atoms with van der Waals surface area (Å²) in [5.74, 6) is -1.26. The lowest BCUT2D eigenvalue weighted by molar-refractivity contribution is -0.131. The number of nitrogens with zero attached hydrogens (tertiary/aromatic N) is 6. The SMILES string of the molecule is Cc1c(C(=O)N(C)c2ccccc2)cc(-c2cc3c(cc2C(=O)N2Cc4ccccc4C[C@H]2CN2CCN(C)CC2)CN(C(=O)Cc2ccc(C(=O)O)cc2)CC3)n1C. The Morgan fingerprint density at radius 2 is 1.44 bits per heavy atom. The second-order valence-corrected chi connectivity index (χ2v) is 16.4. The van der Waals surface area contributed by atoms with Gasteiger partial charge in [0, 0.05) is 101 Å². The predicted molar refractivity (Wildman–Crippen MR) is 229 cm³/mol. The van der Waals surface area contributed by atoms with Crippen molar-refractivity contribution >= 4 is 29.4 Å². The third-order valence-corrected chi connectivity index (χ3v) is 12.7. The van der Waals surface area contributed by atoms with Gasteiger partial charge in [-0.1, -0.05) is 54.6 Å². The number of piperazine rings is 1. The molecule has 5 aromatic rings. The van der Waals surface area contributed by atoms with Crippen LogP contribution in [0.25, 0.3) is 11.3 Å². The molecule has 1 fully saturated rings. The first-order valence-corrected chi connectivity index (χ1v) is 20.5. The van der Waals surface area contributed by atoms with Gasteiger partial charge in [-0.15, -0.1) is 0 Å². The Hall–Kier alpha value is -6.04. The number of rotatable bonds is 9. The molecule has 59 heavy (non-hydrogen) atoms. The molecule has 8 rings (SSSR count). The van der Waals surface area contributed by atoms with Crippen LogP contribution in [-0.2, 0) is 44.2 Å². The Labute approximate surface area is 346 Å². The Kier molecular flexibility index (Phi) is 11.2. The van der Waals surface area contributed by atoms with Gasteiger partial charge < -0.3 is 29.3 Å². The van der Waals surface area contributed by atoms with Crippen LogP contribution < -0.4 is 4.90 Å². The minimum absolute atomic E-state index is 0.0397. The average Bonchev–Trinajstić information content (AvgIpc) is 3.55. The molecule has 1 atom stereocenters. The highest BCUT2D eigenvalue weighted by Gasteiger charge is 2.35. The van der Waals surface area contributed by atoms with Gasteiger partial charge in [-0.05, 0) is 97.1 Å². The summed E-state index contributed by atoms with van der Waals surface area (Å²) in [6, 6.07) is 30.4. The number of carboxylic acid groups (broad SMARTS) is 1. The van der Waals surface area contributed by atoms with Crippen LogP contribution in [0, 0.1) is 6.92 Å². The number of hydrogen-bond acceptors (Lipinski definition) is 6. The number of carbonyl (C=O) groups is 4. The van der Waals surface area contributed by atoms with E-state index in [2.05, 4.69) is 46.0 Å². The number of para-hydroxylation sites is 1. The standard InChI is InChI=1S/C48H52N6O5/c1-32-41(46(56)51(4)39-12-6-5-7-13-39)28-44(50(32)3)42-26-36-18-19-53(45(55)24-33-14-16-34(17-15-33)48(58)59)29-38(36)27-43(42)47(57)54-30-37-11-9-8-10-35(37)25-40(54)31-52-22-20-49(2)21-23-52/h5-17,26-28,40H,18-25,29-31H2,1-4H3,(H,58,59)/t40-/m0/s1. The number of benzene rings is 4. The molecule has 3 aliphatic heterocycles. The fraction of sp³-hybridized carbons (Fsp3) is 0.333. The maximum Gasteiger partial charge on any atom is 0.335 e. The number of likely N-dealkylation sites (N-methyl/N-ethyl adjacent to an activating group) is 1. The molecule has 304 valence electrons. The van der Waals surface area contributed by atoms with Gasteiger partial charge in [-0.3, -0.25) is 19.3 Å². The van der Waals surface area contributed by atoms with Crippen LogP contribution in [0.3, 0.4) is 0 Å². The zero-order chi connectivity index (χ0) is 41.4. The van der Waals surface area contributed by atoms with Crippen molar-refractivity contribution in [3.05, 3.63) is 147 Å². The van der Waals surface area contributed by atoms with Crippen molar-refractivity contribution in [2.45, 2.75) is 45.3 Å². The number of carbonyl (C=O) groups excluding carboxylic acids is 3. The molecule has 0 saturated carbocycles. The Balaban J connectivity index is 1.17. The Bertz CT molecular complexity index is 2400. The fourth-order valence-electron chi connectivity index (χ4n) is 8.86. The van der Waals surface area contributed by atoms with Gasteiger partial charge in [-0.25, -0.2) is 4.79 Å². The van der Waals surface area contributed by atoms with E-state index in [9.17, 15) is 19.5 Å². The maximum absolute atomic E-state index is 15.4. The zero-order valence-electron chi connectivity index (χ0n) is 34.4. The number of carboxylic acids is 1. The lowest BCUT2D eigenvalue weighted by atomic mass is 9.89. The summed E-state index contributed by atoms with van der Waals surface area (Å²) in [7, 11) is 5.89. The molecule has 0 radical (unpaired) electrons. The van der Waals surface area contributed by atoms with Gasteiger partial charge in [0.15, 0.2) is 0 Å². The number of fused-ring (bicyclic) bond motifs is 2. The summed E-state index contributed by atoms with van der Waals surface area (Å²) in [6.45, 7) is 7.96. The minimum Gasteiger partial charge on any atom is -0.478 e. The van der Waals surface area contributed by atoms with E-state index < -0.39 is 5.97 Å². The molecule has 0 bridgehead atoms. The molecular formula is C48H52N6O5. The average molecular weight is 793 g/mol. The normalized spacial score (nSPS) is 17.0. The first kappa shape index (κ1) is 39.8. The summed E-state index contributed by atoms with van der Waals surface area (Å²) in [4.78, 5) is 65.0. The van der Waals surface area contributed by atoms with E-state index in [0.29, 0.717) is 37.2 Å². The smallest absolute Gasteiger partial charge is 0.335 e. The monoisotopic (exact) mass is 792 g/mol. The van der Waals surface area contributed by atoms with Crippen molar-refractivity contribution in [2.75, 3.05) is 58.3 Å². The molecule has 3 aliphatic rings. The summed E-state index contributed by atoms with van der Waals surface area (Å²) in [6.07, 6.45) is 1.52. The Morgan fingerprint density at radius 1 is 0.746 bits per heavy atom.